The maximum atomic E-state index is 2.46. The molecule has 2 aliphatic rings. The molecule has 1 aliphatic heterocycles. The first-order chi connectivity index (χ1) is 22.6. The molecule has 0 radical (unpaired) electrons. The number of hydrogen-bond acceptors (Lipinski definition) is 1. The van der Waals surface area contributed by atoms with Crippen LogP contribution in [0.25, 0.3) is 39.0 Å². The lowest BCUT2D eigenvalue weighted by Crippen LogP contribution is -2.30. The van der Waals surface area contributed by atoms with Crippen LogP contribution in [0, 0.1) is 0 Å². The Morgan fingerprint density at radius 2 is 0.935 bits per heavy atom. The lowest BCUT2D eigenvalue weighted by molar-refractivity contribution is 0.632. The molecule has 0 saturated heterocycles. The van der Waals surface area contributed by atoms with E-state index in [-0.39, 0.29) is 5.41 Å². The van der Waals surface area contributed by atoms with Crippen LogP contribution < -0.4 is 4.90 Å². The van der Waals surface area contributed by atoms with E-state index in [0.29, 0.717) is 0 Å². The van der Waals surface area contributed by atoms with E-state index in [9.17, 15) is 0 Å². The molecule has 0 bridgehead atoms. The quantitative estimate of drug-likeness (QED) is 0.193. The van der Waals surface area contributed by atoms with E-state index in [2.05, 4.69) is 183 Å². The topological polar surface area (TPSA) is 3.24 Å². The molecule has 0 N–H and O–H groups in total. The number of benzene rings is 6. The van der Waals surface area contributed by atoms with Gasteiger partial charge in [0, 0.05) is 11.1 Å². The highest BCUT2D eigenvalue weighted by atomic mass is 15.2. The van der Waals surface area contributed by atoms with E-state index in [4.69, 9.17) is 0 Å². The third-order valence-corrected chi connectivity index (χ3v) is 9.76. The van der Waals surface area contributed by atoms with Gasteiger partial charge in [-0.15, -0.1) is 0 Å². The minimum absolute atomic E-state index is 0.203. The summed E-state index contributed by atoms with van der Waals surface area (Å²) in [6.07, 6.45) is 8.89. The largest absolute Gasteiger partial charge is 0.310 e. The maximum Gasteiger partial charge on any atom is 0.0503 e. The standard InChI is InChI=1S/C45H37N/c1-45(2)41-30-38(34-16-10-5-11-17-34)24-28-43(41)46(40-26-22-36(23-27-40)33-14-8-4-9-15-33)44-29-25-39(31-42(44)45)37-20-18-35(19-21-37)32-12-6-3-7-13-32/h3-8,10-14,16-31H,9,15H2,1-2H3. The van der Waals surface area contributed by atoms with Crippen LogP contribution in [0.4, 0.5) is 17.1 Å². The Kier molecular flexibility index (Phi) is 7.03. The molecule has 1 nitrogen and oxygen atoms in total. The van der Waals surface area contributed by atoms with Crippen LogP contribution in [0.3, 0.4) is 0 Å². The van der Waals surface area contributed by atoms with Gasteiger partial charge in [-0.1, -0.05) is 141 Å². The zero-order valence-corrected chi connectivity index (χ0v) is 26.4. The molecule has 1 heteroatoms. The van der Waals surface area contributed by atoms with E-state index < -0.39 is 0 Å². The Morgan fingerprint density at radius 1 is 0.478 bits per heavy atom. The summed E-state index contributed by atoms with van der Waals surface area (Å²) in [7, 11) is 0. The van der Waals surface area contributed by atoms with Gasteiger partial charge in [-0.3, -0.25) is 0 Å². The molecule has 0 fully saturated rings. The first-order valence-corrected chi connectivity index (χ1v) is 16.3. The summed E-state index contributed by atoms with van der Waals surface area (Å²) in [6, 6.07) is 53.5. The molecule has 6 aromatic carbocycles. The molecule has 0 atom stereocenters. The molecular weight excluding hydrogens is 555 g/mol. The summed E-state index contributed by atoms with van der Waals surface area (Å²) in [6.45, 7) is 4.76. The highest BCUT2D eigenvalue weighted by molar-refractivity contribution is 5.89. The van der Waals surface area contributed by atoms with Gasteiger partial charge in [0.05, 0.1) is 11.4 Å². The van der Waals surface area contributed by atoms with Gasteiger partial charge in [0.25, 0.3) is 0 Å². The van der Waals surface area contributed by atoms with Gasteiger partial charge in [-0.25, -0.2) is 0 Å². The highest BCUT2D eigenvalue weighted by Gasteiger charge is 2.37. The molecule has 46 heavy (non-hydrogen) atoms. The van der Waals surface area contributed by atoms with E-state index in [1.807, 2.05) is 0 Å². The molecule has 0 unspecified atom stereocenters. The number of anilines is 3. The Labute approximate surface area is 272 Å². The first-order valence-electron chi connectivity index (χ1n) is 16.3. The second-order valence-corrected chi connectivity index (χ2v) is 12.9. The van der Waals surface area contributed by atoms with Gasteiger partial charge in [0.2, 0.25) is 0 Å². The molecule has 1 heterocycles. The molecule has 0 saturated carbocycles. The van der Waals surface area contributed by atoms with Crippen LogP contribution >= 0.6 is 0 Å². The van der Waals surface area contributed by atoms with Crippen molar-refractivity contribution in [3.05, 3.63) is 181 Å². The number of allylic oxidation sites excluding steroid dienone is 4. The molecular formula is C45H37N. The minimum Gasteiger partial charge on any atom is -0.310 e. The predicted octanol–water partition coefficient (Wildman–Crippen LogP) is 12.5. The fraction of sp³-hybridized carbons (Fsp3) is 0.111. The van der Waals surface area contributed by atoms with Crippen molar-refractivity contribution in [2.24, 2.45) is 0 Å². The predicted molar refractivity (Wildman–Crippen MR) is 196 cm³/mol. The number of rotatable bonds is 5. The van der Waals surface area contributed by atoms with Crippen molar-refractivity contribution in [3.8, 4) is 33.4 Å². The molecule has 222 valence electrons. The lowest BCUT2D eigenvalue weighted by atomic mass is 9.72. The third kappa shape index (κ3) is 4.99. The number of fused-ring (bicyclic) bond motifs is 2. The van der Waals surface area contributed by atoms with Crippen molar-refractivity contribution in [2.75, 3.05) is 4.90 Å². The molecule has 1 aliphatic carbocycles. The van der Waals surface area contributed by atoms with E-state index >= 15 is 0 Å². The van der Waals surface area contributed by atoms with Gasteiger partial charge in [-0.05, 0) is 105 Å². The second kappa shape index (κ2) is 11.5. The monoisotopic (exact) mass is 591 g/mol. The smallest absolute Gasteiger partial charge is 0.0503 e. The average molecular weight is 592 g/mol. The molecule has 8 rings (SSSR count). The van der Waals surface area contributed by atoms with Crippen LogP contribution in [-0.2, 0) is 5.41 Å². The van der Waals surface area contributed by atoms with Gasteiger partial charge < -0.3 is 4.90 Å². The van der Waals surface area contributed by atoms with E-state index in [1.54, 1.807) is 0 Å². The average Bonchev–Trinajstić information content (AvgIpc) is 3.13. The van der Waals surface area contributed by atoms with Crippen molar-refractivity contribution in [3.63, 3.8) is 0 Å². The summed E-state index contributed by atoms with van der Waals surface area (Å²) in [5, 5.41) is 0. The highest BCUT2D eigenvalue weighted by Crippen LogP contribution is 2.53. The van der Waals surface area contributed by atoms with Crippen molar-refractivity contribution in [2.45, 2.75) is 32.1 Å². The first kappa shape index (κ1) is 28.1. The summed E-state index contributed by atoms with van der Waals surface area (Å²) < 4.78 is 0. The Hall–Kier alpha value is -5.40. The Balaban J connectivity index is 1.25. The Morgan fingerprint density at radius 3 is 1.46 bits per heavy atom. The van der Waals surface area contributed by atoms with Crippen molar-refractivity contribution >= 4 is 22.6 Å². The van der Waals surface area contributed by atoms with Crippen LogP contribution in [0.1, 0.15) is 43.4 Å². The summed E-state index contributed by atoms with van der Waals surface area (Å²) in [5.41, 5.74) is 16.3. The summed E-state index contributed by atoms with van der Waals surface area (Å²) >= 11 is 0. The zero-order chi connectivity index (χ0) is 31.1. The third-order valence-electron chi connectivity index (χ3n) is 9.76. The van der Waals surface area contributed by atoms with Crippen LogP contribution in [-0.4, -0.2) is 0 Å². The number of nitrogens with zero attached hydrogens (tertiary/aromatic N) is 1. The fourth-order valence-corrected chi connectivity index (χ4v) is 7.16. The van der Waals surface area contributed by atoms with Crippen molar-refractivity contribution < 1.29 is 0 Å². The summed E-state index contributed by atoms with van der Waals surface area (Å²) in [4.78, 5) is 2.46. The van der Waals surface area contributed by atoms with Crippen LogP contribution in [0.5, 0.6) is 0 Å². The SMILES string of the molecule is CC1(C)c2cc(-c3ccccc3)ccc2N(c2ccc(C3=CC=CCC3)cc2)c2ccc(-c3ccc(-c4ccccc4)cc3)cc21. The fourth-order valence-electron chi connectivity index (χ4n) is 7.16. The lowest BCUT2D eigenvalue weighted by Gasteiger charge is -2.42. The zero-order valence-electron chi connectivity index (χ0n) is 26.4. The Bertz CT molecular complexity index is 2080. The number of hydrogen-bond donors (Lipinski definition) is 0. The molecule has 0 aromatic heterocycles. The van der Waals surface area contributed by atoms with Crippen LogP contribution in [0.15, 0.2) is 164 Å². The minimum atomic E-state index is -0.203. The van der Waals surface area contributed by atoms with Gasteiger partial charge in [0.1, 0.15) is 0 Å². The normalized spacial score (nSPS) is 14.7. The van der Waals surface area contributed by atoms with Gasteiger partial charge in [0.15, 0.2) is 0 Å². The van der Waals surface area contributed by atoms with Crippen molar-refractivity contribution in [1.29, 1.82) is 0 Å². The summed E-state index contributed by atoms with van der Waals surface area (Å²) in [5.74, 6) is 0. The molecule has 0 spiro atoms. The molecule has 6 aromatic rings. The van der Waals surface area contributed by atoms with Gasteiger partial charge >= 0.3 is 0 Å². The van der Waals surface area contributed by atoms with Crippen LogP contribution in [0.2, 0.25) is 0 Å². The van der Waals surface area contributed by atoms with E-state index in [1.165, 1.54) is 72.7 Å². The maximum absolute atomic E-state index is 2.46. The van der Waals surface area contributed by atoms with Crippen molar-refractivity contribution in [1.82, 2.24) is 0 Å². The van der Waals surface area contributed by atoms with Gasteiger partial charge in [-0.2, -0.15) is 0 Å². The molecule has 0 amide bonds. The van der Waals surface area contributed by atoms with E-state index in [0.717, 1.165) is 12.8 Å². The second-order valence-electron chi connectivity index (χ2n) is 12.9.